The topological polar surface area (TPSA) is 12.0 Å². The first kappa shape index (κ1) is 12.6. The second-order valence-corrected chi connectivity index (χ2v) is 4.97. The van der Waals surface area contributed by atoms with Gasteiger partial charge in [0.15, 0.2) is 0 Å². The van der Waals surface area contributed by atoms with Crippen molar-refractivity contribution in [1.82, 2.24) is 5.32 Å². The van der Waals surface area contributed by atoms with E-state index < -0.39 is 0 Å². The van der Waals surface area contributed by atoms with Gasteiger partial charge < -0.3 is 5.32 Å². The third kappa shape index (κ3) is 4.11. The van der Waals surface area contributed by atoms with Gasteiger partial charge in [0, 0.05) is 22.9 Å². The number of benzene rings is 2. The van der Waals surface area contributed by atoms with E-state index in [-0.39, 0.29) is 0 Å². The van der Waals surface area contributed by atoms with Crippen LogP contribution < -0.4 is 5.32 Å². The predicted molar refractivity (Wildman–Crippen MR) is 77.9 cm³/mol. The van der Waals surface area contributed by atoms with Crippen molar-refractivity contribution in [2.45, 2.75) is 22.9 Å². The van der Waals surface area contributed by atoms with Crippen LogP contribution in [0.3, 0.4) is 0 Å². The molecule has 0 saturated heterocycles. The molecule has 0 fully saturated rings. The molecule has 2 aromatic rings. The van der Waals surface area contributed by atoms with Gasteiger partial charge in [-0.15, -0.1) is 25.3 Å². The Hall–Kier alpha value is -0.900. The summed E-state index contributed by atoms with van der Waals surface area (Å²) in [5.41, 5.74) is 2.54. The quantitative estimate of drug-likeness (QED) is 0.715. The molecule has 0 aliphatic heterocycles. The molecule has 0 aliphatic carbocycles. The van der Waals surface area contributed by atoms with E-state index >= 15 is 0 Å². The van der Waals surface area contributed by atoms with E-state index in [9.17, 15) is 0 Å². The minimum Gasteiger partial charge on any atom is -0.309 e. The summed E-state index contributed by atoms with van der Waals surface area (Å²) in [5, 5.41) is 3.41. The van der Waals surface area contributed by atoms with Crippen LogP contribution in [0.4, 0.5) is 0 Å². The summed E-state index contributed by atoms with van der Waals surface area (Å²) < 4.78 is 0. The second kappa shape index (κ2) is 6.15. The first-order valence-electron chi connectivity index (χ1n) is 5.50. The lowest BCUT2D eigenvalue weighted by molar-refractivity contribution is 0.692. The van der Waals surface area contributed by atoms with E-state index in [2.05, 4.69) is 54.8 Å². The molecule has 2 aromatic carbocycles. The summed E-state index contributed by atoms with van der Waals surface area (Å²) >= 11 is 8.52. The van der Waals surface area contributed by atoms with Crippen LogP contribution in [-0.2, 0) is 13.1 Å². The minimum atomic E-state index is 0.872. The molecule has 1 N–H and O–H groups in total. The van der Waals surface area contributed by atoms with E-state index in [4.69, 9.17) is 0 Å². The fraction of sp³-hybridized carbons (Fsp3) is 0.143. The van der Waals surface area contributed by atoms with Gasteiger partial charge >= 0.3 is 0 Å². The Morgan fingerprint density at radius 2 is 1.00 bits per heavy atom. The van der Waals surface area contributed by atoms with Crippen LogP contribution in [0.5, 0.6) is 0 Å². The van der Waals surface area contributed by atoms with Gasteiger partial charge in [-0.3, -0.25) is 0 Å². The highest BCUT2D eigenvalue weighted by Crippen LogP contribution is 2.09. The molecule has 0 spiro atoms. The highest BCUT2D eigenvalue weighted by Gasteiger charge is 1.94. The van der Waals surface area contributed by atoms with Gasteiger partial charge in [-0.25, -0.2) is 0 Å². The van der Waals surface area contributed by atoms with Crippen LogP contribution in [0.2, 0.25) is 0 Å². The highest BCUT2D eigenvalue weighted by atomic mass is 32.1. The van der Waals surface area contributed by atoms with E-state index in [0.29, 0.717) is 0 Å². The highest BCUT2D eigenvalue weighted by molar-refractivity contribution is 7.80. The molecule has 0 unspecified atom stereocenters. The normalized spacial score (nSPS) is 10.5. The summed E-state index contributed by atoms with van der Waals surface area (Å²) in [7, 11) is 0. The molecule has 0 amide bonds. The van der Waals surface area contributed by atoms with Crippen LogP contribution in [0.1, 0.15) is 11.1 Å². The lowest BCUT2D eigenvalue weighted by Gasteiger charge is -2.05. The number of rotatable bonds is 4. The van der Waals surface area contributed by atoms with Crippen molar-refractivity contribution in [3.63, 3.8) is 0 Å². The zero-order chi connectivity index (χ0) is 12.1. The maximum Gasteiger partial charge on any atom is 0.0208 e. The Labute approximate surface area is 113 Å². The van der Waals surface area contributed by atoms with Crippen molar-refractivity contribution in [2.24, 2.45) is 0 Å². The van der Waals surface area contributed by atoms with Gasteiger partial charge in [0.05, 0.1) is 0 Å². The number of hydrogen-bond acceptors (Lipinski definition) is 3. The zero-order valence-electron chi connectivity index (χ0n) is 9.43. The summed E-state index contributed by atoms with van der Waals surface area (Å²) in [6, 6.07) is 16.4. The molecule has 17 heavy (non-hydrogen) atoms. The Balaban J connectivity index is 1.83. The van der Waals surface area contributed by atoms with Crippen molar-refractivity contribution >= 4 is 25.3 Å². The molecule has 3 heteroatoms. The van der Waals surface area contributed by atoms with Crippen LogP contribution in [0.25, 0.3) is 0 Å². The monoisotopic (exact) mass is 261 g/mol. The summed E-state index contributed by atoms with van der Waals surface area (Å²) in [6.07, 6.45) is 0. The summed E-state index contributed by atoms with van der Waals surface area (Å²) in [5.74, 6) is 0. The smallest absolute Gasteiger partial charge is 0.0208 e. The van der Waals surface area contributed by atoms with Crippen molar-refractivity contribution in [2.75, 3.05) is 0 Å². The average Bonchev–Trinajstić information content (AvgIpc) is 2.34. The molecule has 0 saturated carbocycles. The van der Waals surface area contributed by atoms with Gasteiger partial charge in [-0.05, 0) is 35.4 Å². The van der Waals surface area contributed by atoms with Gasteiger partial charge in [0.2, 0.25) is 0 Å². The molecular formula is C14H15NS2. The van der Waals surface area contributed by atoms with E-state index in [1.807, 2.05) is 24.3 Å². The number of hydrogen-bond donors (Lipinski definition) is 3. The molecule has 2 rings (SSSR count). The van der Waals surface area contributed by atoms with Crippen molar-refractivity contribution in [1.29, 1.82) is 0 Å². The van der Waals surface area contributed by atoms with Crippen LogP contribution >= 0.6 is 25.3 Å². The first-order valence-corrected chi connectivity index (χ1v) is 6.40. The number of nitrogens with one attached hydrogen (secondary N) is 1. The maximum absolute atomic E-state index is 4.26. The molecule has 0 atom stereocenters. The van der Waals surface area contributed by atoms with E-state index in [1.54, 1.807) is 0 Å². The third-order valence-corrected chi connectivity index (χ3v) is 3.13. The fourth-order valence-corrected chi connectivity index (χ4v) is 1.88. The zero-order valence-corrected chi connectivity index (χ0v) is 11.2. The second-order valence-electron chi connectivity index (χ2n) is 3.94. The van der Waals surface area contributed by atoms with Crippen molar-refractivity contribution in [3.8, 4) is 0 Å². The molecule has 0 aliphatic rings. The molecule has 0 radical (unpaired) electrons. The fourth-order valence-electron chi connectivity index (χ4n) is 1.58. The van der Waals surface area contributed by atoms with Gasteiger partial charge in [-0.1, -0.05) is 24.3 Å². The Kier molecular flexibility index (Phi) is 4.54. The molecule has 0 bridgehead atoms. The van der Waals surface area contributed by atoms with Gasteiger partial charge in [0.25, 0.3) is 0 Å². The lowest BCUT2D eigenvalue weighted by atomic mass is 10.2. The number of thiol groups is 2. The molecule has 88 valence electrons. The van der Waals surface area contributed by atoms with Gasteiger partial charge in [-0.2, -0.15) is 0 Å². The molecule has 0 aromatic heterocycles. The molecule has 0 heterocycles. The Morgan fingerprint density at radius 3 is 1.35 bits per heavy atom. The largest absolute Gasteiger partial charge is 0.309 e. The van der Waals surface area contributed by atoms with Crippen molar-refractivity contribution < 1.29 is 0 Å². The predicted octanol–water partition coefficient (Wildman–Crippen LogP) is 3.55. The van der Waals surface area contributed by atoms with Crippen LogP contribution in [0.15, 0.2) is 58.3 Å². The molecular weight excluding hydrogens is 246 g/mol. The van der Waals surface area contributed by atoms with E-state index in [1.165, 1.54) is 11.1 Å². The SMILES string of the molecule is Sc1ccc(CNCc2ccc(S)cc2)cc1. The molecule has 1 nitrogen and oxygen atoms in total. The minimum absolute atomic E-state index is 0.872. The lowest BCUT2D eigenvalue weighted by Crippen LogP contribution is -2.12. The Bertz CT molecular complexity index is 417. The maximum atomic E-state index is 4.26. The average molecular weight is 261 g/mol. The van der Waals surface area contributed by atoms with Crippen LogP contribution in [0, 0.1) is 0 Å². The first-order chi connectivity index (χ1) is 8.24. The standard InChI is InChI=1S/C14H15NS2/c16-13-5-1-11(2-6-13)9-15-10-12-3-7-14(17)8-4-12/h1-8,15-17H,9-10H2. The van der Waals surface area contributed by atoms with E-state index in [0.717, 1.165) is 22.9 Å². The summed E-state index contributed by atoms with van der Waals surface area (Å²) in [4.78, 5) is 2.00. The summed E-state index contributed by atoms with van der Waals surface area (Å²) in [6.45, 7) is 1.74. The van der Waals surface area contributed by atoms with Gasteiger partial charge in [0.1, 0.15) is 0 Å². The van der Waals surface area contributed by atoms with Crippen LogP contribution in [-0.4, -0.2) is 0 Å². The Morgan fingerprint density at radius 1 is 0.647 bits per heavy atom. The third-order valence-electron chi connectivity index (χ3n) is 2.53. The van der Waals surface area contributed by atoms with Crippen molar-refractivity contribution in [3.05, 3.63) is 59.7 Å².